The minimum absolute atomic E-state index is 0.267. The lowest BCUT2D eigenvalue weighted by Crippen LogP contribution is -2.43. The fraction of sp³-hybridized carbons (Fsp3) is 0.235. The average Bonchev–Trinajstić information content (AvgIpc) is 2.56. The van der Waals surface area contributed by atoms with Gasteiger partial charge in [0.1, 0.15) is 11.7 Å². The lowest BCUT2D eigenvalue weighted by atomic mass is 10.1. The van der Waals surface area contributed by atoms with Gasteiger partial charge in [0.05, 0.1) is 6.61 Å². The number of hydrogen-bond acceptors (Lipinski definition) is 4. The van der Waals surface area contributed by atoms with Crippen LogP contribution in [0.25, 0.3) is 0 Å². The molecular weight excluding hydrogens is 280 g/mol. The number of nitrogens with one attached hydrogen (secondary N) is 1. The second-order valence-electron chi connectivity index (χ2n) is 4.68. The molecule has 1 aromatic heterocycles. The van der Waals surface area contributed by atoms with Crippen molar-refractivity contribution >= 4 is 11.9 Å². The van der Waals surface area contributed by atoms with Gasteiger partial charge in [-0.3, -0.25) is 9.78 Å². The minimum Gasteiger partial charge on any atom is -0.464 e. The van der Waals surface area contributed by atoms with Crippen LogP contribution in [0.1, 0.15) is 23.0 Å². The van der Waals surface area contributed by atoms with Crippen LogP contribution in [0.3, 0.4) is 0 Å². The van der Waals surface area contributed by atoms with Crippen molar-refractivity contribution in [2.75, 3.05) is 6.61 Å². The van der Waals surface area contributed by atoms with E-state index in [2.05, 4.69) is 10.3 Å². The van der Waals surface area contributed by atoms with Crippen molar-refractivity contribution in [3.8, 4) is 0 Å². The van der Waals surface area contributed by atoms with E-state index in [0.717, 1.165) is 5.56 Å². The fourth-order valence-corrected chi connectivity index (χ4v) is 2.02. The van der Waals surface area contributed by atoms with E-state index in [1.165, 1.54) is 6.20 Å². The SMILES string of the molecule is CCOC(=O)[C@H](Cc1ccccc1)NC(=O)c1ccccn1. The largest absolute Gasteiger partial charge is 0.464 e. The molecule has 0 aliphatic carbocycles. The van der Waals surface area contributed by atoms with Gasteiger partial charge in [-0.15, -0.1) is 0 Å². The number of aromatic nitrogens is 1. The molecule has 5 nitrogen and oxygen atoms in total. The van der Waals surface area contributed by atoms with E-state index in [1.807, 2.05) is 30.3 Å². The van der Waals surface area contributed by atoms with Gasteiger partial charge in [-0.2, -0.15) is 0 Å². The van der Waals surface area contributed by atoms with Crippen LogP contribution >= 0.6 is 0 Å². The van der Waals surface area contributed by atoms with Crippen molar-refractivity contribution in [3.63, 3.8) is 0 Å². The van der Waals surface area contributed by atoms with Gasteiger partial charge in [0.25, 0.3) is 5.91 Å². The Hall–Kier alpha value is -2.69. The first kappa shape index (κ1) is 15.7. The molecule has 114 valence electrons. The summed E-state index contributed by atoms with van der Waals surface area (Å²) in [5.41, 5.74) is 1.21. The summed E-state index contributed by atoms with van der Waals surface area (Å²) in [7, 11) is 0. The molecule has 0 aliphatic heterocycles. The third-order valence-corrected chi connectivity index (χ3v) is 3.06. The first-order chi connectivity index (χ1) is 10.7. The van der Waals surface area contributed by atoms with Gasteiger partial charge in [0.2, 0.25) is 0 Å². The van der Waals surface area contributed by atoms with Crippen molar-refractivity contribution in [1.82, 2.24) is 10.3 Å². The first-order valence-electron chi connectivity index (χ1n) is 7.13. The number of rotatable bonds is 6. The molecule has 1 atom stereocenters. The molecule has 0 saturated carbocycles. The number of esters is 1. The van der Waals surface area contributed by atoms with Crippen molar-refractivity contribution in [3.05, 3.63) is 66.0 Å². The van der Waals surface area contributed by atoms with Gasteiger partial charge in [-0.25, -0.2) is 4.79 Å². The maximum Gasteiger partial charge on any atom is 0.328 e. The summed E-state index contributed by atoms with van der Waals surface area (Å²) in [6.07, 6.45) is 1.91. The summed E-state index contributed by atoms with van der Waals surface area (Å²) < 4.78 is 5.04. The highest BCUT2D eigenvalue weighted by Crippen LogP contribution is 2.06. The molecule has 1 heterocycles. The molecule has 0 spiro atoms. The molecule has 1 N–H and O–H groups in total. The number of pyridine rings is 1. The average molecular weight is 298 g/mol. The van der Waals surface area contributed by atoms with E-state index < -0.39 is 17.9 Å². The van der Waals surface area contributed by atoms with Crippen molar-refractivity contribution < 1.29 is 14.3 Å². The van der Waals surface area contributed by atoms with Gasteiger partial charge in [0.15, 0.2) is 0 Å². The highest BCUT2D eigenvalue weighted by Gasteiger charge is 2.23. The highest BCUT2D eigenvalue weighted by atomic mass is 16.5. The summed E-state index contributed by atoms with van der Waals surface area (Å²) >= 11 is 0. The monoisotopic (exact) mass is 298 g/mol. The van der Waals surface area contributed by atoms with Crippen molar-refractivity contribution in [1.29, 1.82) is 0 Å². The Kier molecular flexibility index (Phi) is 5.65. The number of nitrogens with zero attached hydrogens (tertiary/aromatic N) is 1. The summed E-state index contributed by atoms with van der Waals surface area (Å²) in [6.45, 7) is 2.00. The van der Waals surface area contributed by atoms with Crippen LogP contribution in [0.2, 0.25) is 0 Å². The van der Waals surface area contributed by atoms with Crippen LogP contribution in [-0.2, 0) is 16.0 Å². The Morgan fingerprint density at radius 3 is 2.50 bits per heavy atom. The van der Waals surface area contributed by atoms with Crippen LogP contribution in [-0.4, -0.2) is 29.5 Å². The zero-order valence-corrected chi connectivity index (χ0v) is 12.4. The zero-order chi connectivity index (χ0) is 15.8. The molecule has 0 saturated heterocycles. The van der Waals surface area contributed by atoms with Gasteiger partial charge in [-0.05, 0) is 24.6 Å². The van der Waals surface area contributed by atoms with E-state index >= 15 is 0 Å². The Labute approximate surface area is 129 Å². The third-order valence-electron chi connectivity index (χ3n) is 3.06. The topological polar surface area (TPSA) is 68.3 Å². The predicted octanol–water partition coefficient (Wildman–Crippen LogP) is 1.99. The number of ether oxygens (including phenoxy) is 1. The Morgan fingerprint density at radius 2 is 1.86 bits per heavy atom. The molecule has 1 aromatic carbocycles. The quantitative estimate of drug-likeness (QED) is 0.828. The van der Waals surface area contributed by atoms with E-state index in [0.29, 0.717) is 6.42 Å². The summed E-state index contributed by atoms with van der Waals surface area (Å²) in [4.78, 5) is 28.2. The van der Waals surface area contributed by atoms with Gasteiger partial charge in [0, 0.05) is 12.6 Å². The molecule has 2 aromatic rings. The van der Waals surface area contributed by atoms with Crippen LogP contribution in [0.15, 0.2) is 54.7 Å². The molecule has 0 unspecified atom stereocenters. The molecule has 0 fully saturated rings. The van der Waals surface area contributed by atoms with Crippen molar-refractivity contribution in [2.24, 2.45) is 0 Å². The minimum atomic E-state index is -0.739. The Bertz CT molecular complexity index is 614. The number of carbonyl (C=O) groups excluding carboxylic acids is 2. The summed E-state index contributed by atoms with van der Waals surface area (Å²) in [5, 5.41) is 2.69. The summed E-state index contributed by atoms with van der Waals surface area (Å²) in [6, 6.07) is 13.8. The van der Waals surface area contributed by atoms with E-state index in [9.17, 15) is 9.59 Å². The molecule has 22 heavy (non-hydrogen) atoms. The molecule has 1 amide bonds. The lowest BCUT2D eigenvalue weighted by molar-refractivity contribution is -0.145. The molecule has 5 heteroatoms. The second-order valence-corrected chi connectivity index (χ2v) is 4.68. The molecule has 2 rings (SSSR count). The van der Waals surface area contributed by atoms with Gasteiger partial charge in [-0.1, -0.05) is 36.4 Å². The predicted molar refractivity (Wildman–Crippen MR) is 82.3 cm³/mol. The van der Waals surface area contributed by atoms with E-state index in [4.69, 9.17) is 4.74 Å². The van der Waals surface area contributed by atoms with Crippen molar-refractivity contribution in [2.45, 2.75) is 19.4 Å². The van der Waals surface area contributed by atoms with E-state index in [-0.39, 0.29) is 12.3 Å². The second kappa shape index (κ2) is 7.93. The summed E-state index contributed by atoms with van der Waals surface area (Å²) in [5.74, 6) is -0.842. The Balaban J connectivity index is 2.11. The van der Waals surface area contributed by atoms with Crippen LogP contribution in [0, 0.1) is 0 Å². The molecule has 0 aliphatic rings. The number of carbonyl (C=O) groups is 2. The normalized spacial score (nSPS) is 11.5. The molecule has 0 radical (unpaired) electrons. The van der Waals surface area contributed by atoms with Crippen LogP contribution in [0.5, 0.6) is 0 Å². The highest BCUT2D eigenvalue weighted by molar-refractivity contribution is 5.95. The first-order valence-corrected chi connectivity index (χ1v) is 7.13. The standard InChI is InChI=1S/C17H18N2O3/c1-2-22-17(21)15(12-13-8-4-3-5-9-13)19-16(20)14-10-6-7-11-18-14/h3-11,15H,2,12H2,1H3,(H,19,20)/t15-/m0/s1. The number of hydrogen-bond donors (Lipinski definition) is 1. The maximum absolute atomic E-state index is 12.2. The molecular formula is C17H18N2O3. The fourth-order valence-electron chi connectivity index (χ4n) is 2.02. The zero-order valence-electron chi connectivity index (χ0n) is 12.4. The molecule has 0 bridgehead atoms. The Morgan fingerprint density at radius 1 is 1.14 bits per heavy atom. The maximum atomic E-state index is 12.2. The number of amides is 1. The smallest absolute Gasteiger partial charge is 0.328 e. The lowest BCUT2D eigenvalue weighted by Gasteiger charge is -2.17. The third kappa shape index (κ3) is 4.41. The van der Waals surface area contributed by atoms with Gasteiger partial charge >= 0.3 is 5.97 Å². The van der Waals surface area contributed by atoms with Crippen LogP contribution < -0.4 is 5.32 Å². The number of benzene rings is 1. The van der Waals surface area contributed by atoms with E-state index in [1.54, 1.807) is 25.1 Å². The van der Waals surface area contributed by atoms with Gasteiger partial charge < -0.3 is 10.1 Å². The van der Waals surface area contributed by atoms with Crippen LogP contribution in [0.4, 0.5) is 0 Å².